The standard InChI is InChI=1S/C22H26N6O3/c1-3-5-10-20(29)24-19-9-7-6-8-18(19)22-25-27-28(26-22)15-21(30)23-16-11-13-17(14-12-16)31-4-2/h6-9,11-14H,3-5,10,15H2,1-2H3,(H,23,30)(H,24,29). The van der Waals surface area contributed by atoms with Crippen LogP contribution in [-0.2, 0) is 16.1 Å². The van der Waals surface area contributed by atoms with Crippen LogP contribution in [0.25, 0.3) is 11.4 Å². The van der Waals surface area contributed by atoms with Gasteiger partial charge in [-0.1, -0.05) is 25.5 Å². The Hall–Kier alpha value is -3.75. The average Bonchev–Trinajstić information content (AvgIpc) is 3.22. The molecule has 31 heavy (non-hydrogen) atoms. The number of para-hydroxylation sites is 1. The maximum Gasteiger partial charge on any atom is 0.248 e. The van der Waals surface area contributed by atoms with Gasteiger partial charge in [0.25, 0.3) is 0 Å². The maximum atomic E-state index is 12.3. The Morgan fingerprint density at radius 1 is 1.00 bits per heavy atom. The summed E-state index contributed by atoms with van der Waals surface area (Å²) in [4.78, 5) is 25.6. The van der Waals surface area contributed by atoms with E-state index in [-0.39, 0.29) is 18.4 Å². The lowest BCUT2D eigenvalue weighted by atomic mass is 10.1. The Labute approximate surface area is 180 Å². The fraction of sp³-hybridized carbons (Fsp3) is 0.318. The Balaban J connectivity index is 1.63. The van der Waals surface area contributed by atoms with E-state index < -0.39 is 0 Å². The molecule has 0 atom stereocenters. The van der Waals surface area contributed by atoms with E-state index in [9.17, 15) is 9.59 Å². The predicted molar refractivity (Wildman–Crippen MR) is 118 cm³/mol. The Morgan fingerprint density at radius 3 is 2.52 bits per heavy atom. The van der Waals surface area contributed by atoms with Crippen LogP contribution in [0.2, 0.25) is 0 Å². The second-order valence-corrected chi connectivity index (χ2v) is 6.85. The van der Waals surface area contributed by atoms with E-state index in [1.165, 1.54) is 4.80 Å². The van der Waals surface area contributed by atoms with Crippen LogP contribution in [0.5, 0.6) is 5.75 Å². The third kappa shape index (κ3) is 6.36. The van der Waals surface area contributed by atoms with Gasteiger partial charge in [0.2, 0.25) is 17.6 Å². The van der Waals surface area contributed by atoms with Gasteiger partial charge in [0.05, 0.1) is 12.3 Å². The number of hydrogen-bond donors (Lipinski definition) is 2. The van der Waals surface area contributed by atoms with Crippen molar-refractivity contribution in [1.82, 2.24) is 20.2 Å². The van der Waals surface area contributed by atoms with Crippen molar-refractivity contribution >= 4 is 23.2 Å². The lowest BCUT2D eigenvalue weighted by Gasteiger charge is -2.08. The highest BCUT2D eigenvalue weighted by atomic mass is 16.5. The second kappa shape index (κ2) is 10.9. The van der Waals surface area contributed by atoms with E-state index in [0.717, 1.165) is 18.6 Å². The van der Waals surface area contributed by atoms with Crippen LogP contribution in [0.15, 0.2) is 48.5 Å². The lowest BCUT2D eigenvalue weighted by Crippen LogP contribution is -2.20. The van der Waals surface area contributed by atoms with Crippen molar-refractivity contribution < 1.29 is 14.3 Å². The molecule has 0 aliphatic heterocycles. The van der Waals surface area contributed by atoms with Crippen molar-refractivity contribution in [2.45, 2.75) is 39.7 Å². The van der Waals surface area contributed by atoms with E-state index in [0.29, 0.717) is 35.8 Å². The molecule has 0 aliphatic carbocycles. The van der Waals surface area contributed by atoms with Gasteiger partial charge < -0.3 is 15.4 Å². The molecule has 0 fully saturated rings. The molecule has 9 nitrogen and oxygen atoms in total. The molecule has 2 amide bonds. The van der Waals surface area contributed by atoms with Crippen molar-refractivity contribution in [3.05, 3.63) is 48.5 Å². The molecule has 9 heteroatoms. The highest BCUT2D eigenvalue weighted by Crippen LogP contribution is 2.24. The Kier molecular flexibility index (Phi) is 7.69. The van der Waals surface area contributed by atoms with E-state index >= 15 is 0 Å². The van der Waals surface area contributed by atoms with Crippen molar-refractivity contribution in [3.8, 4) is 17.1 Å². The molecular formula is C22H26N6O3. The second-order valence-electron chi connectivity index (χ2n) is 6.85. The molecule has 0 saturated heterocycles. The van der Waals surface area contributed by atoms with Gasteiger partial charge in [-0.25, -0.2) is 0 Å². The van der Waals surface area contributed by atoms with Gasteiger partial charge >= 0.3 is 0 Å². The highest BCUT2D eigenvalue weighted by Gasteiger charge is 2.14. The van der Waals surface area contributed by atoms with Gasteiger partial charge in [0, 0.05) is 17.7 Å². The number of rotatable bonds is 10. The summed E-state index contributed by atoms with van der Waals surface area (Å²) < 4.78 is 5.39. The maximum absolute atomic E-state index is 12.3. The molecule has 0 saturated carbocycles. The van der Waals surface area contributed by atoms with Crippen molar-refractivity contribution in [2.24, 2.45) is 0 Å². The molecule has 0 radical (unpaired) electrons. The van der Waals surface area contributed by atoms with Gasteiger partial charge in [-0.05, 0) is 55.0 Å². The Morgan fingerprint density at radius 2 is 1.77 bits per heavy atom. The predicted octanol–water partition coefficient (Wildman–Crippen LogP) is 3.51. The minimum absolute atomic E-state index is 0.0589. The summed E-state index contributed by atoms with van der Waals surface area (Å²) in [7, 11) is 0. The molecule has 0 bridgehead atoms. The zero-order chi connectivity index (χ0) is 22.1. The number of amides is 2. The van der Waals surface area contributed by atoms with Crippen LogP contribution in [0.4, 0.5) is 11.4 Å². The molecule has 2 aromatic carbocycles. The number of nitrogens with one attached hydrogen (secondary N) is 2. The van der Waals surface area contributed by atoms with Crippen molar-refractivity contribution in [2.75, 3.05) is 17.2 Å². The van der Waals surface area contributed by atoms with Crippen LogP contribution < -0.4 is 15.4 Å². The largest absolute Gasteiger partial charge is 0.494 e. The van der Waals surface area contributed by atoms with Gasteiger partial charge in [0.1, 0.15) is 12.3 Å². The summed E-state index contributed by atoms with van der Waals surface area (Å²) in [6.07, 6.45) is 2.23. The minimum Gasteiger partial charge on any atom is -0.494 e. The number of unbranched alkanes of at least 4 members (excludes halogenated alkanes) is 1. The summed E-state index contributed by atoms with van der Waals surface area (Å²) in [6, 6.07) is 14.4. The first kappa shape index (κ1) is 21.9. The third-order valence-corrected chi connectivity index (χ3v) is 4.39. The van der Waals surface area contributed by atoms with E-state index in [1.807, 2.05) is 26.0 Å². The number of aromatic nitrogens is 4. The zero-order valence-corrected chi connectivity index (χ0v) is 17.7. The van der Waals surface area contributed by atoms with Crippen LogP contribution in [0.3, 0.4) is 0 Å². The fourth-order valence-corrected chi connectivity index (χ4v) is 2.89. The van der Waals surface area contributed by atoms with Crippen LogP contribution in [0, 0.1) is 0 Å². The zero-order valence-electron chi connectivity index (χ0n) is 17.7. The van der Waals surface area contributed by atoms with Crippen molar-refractivity contribution in [1.29, 1.82) is 0 Å². The molecule has 0 aliphatic rings. The van der Waals surface area contributed by atoms with Crippen LogP contribution in [0.1, 0.15) is 33.1 Å². The molecule has 162 valence electrons. The summed E-state index contributed by atoms with van der Waals surface area (Å²) >= 11 is 0. The highest BCUT2D eigenvalue weighted by molar-refractivity contribution is 5.94. The molecule has 0 spiro atoms. The number of anilines is 2. The summed E-state index contributed by atoms with van der Waals surface area (Å²) in [5.74, 6) is 0.731. The first-order valence-electron chi connectivity index (χ1n) is 10.3. The number of carbonyl (C=O) groups is 2. The number of ether oxygens (including phenoxy) is 1. The topological polar surface area (TPSA) is 111 Å². The number of benzene rings is 2. The van der Waals surface area contributed by atoms with E-state index in [1.54, 1.807) is 36.4 Å². The SMILES string of the molecule is CCCCC(=O)Nc1ccccc1-c1nnn(CC(=O)Nc2ccc(OCC)cc2)n1. The average molecular weight is 422 g/mol. The van der Waals surface area contributed by atoms with Gasteiger partial charge in [-0.3, -0.25) is 9.59 Å². The summed E-state index contributed by atoms with van der Waals surface area (Å²) in [5, 5.41) is 18.0. The minimum atomic E-state index is -0.283. The van der Waals surface area contributed by atoms with Gasteiger partial charge in [0.15, 0.2) is 0 Å². The first-order chi connectivity index (χ1) is 15.1. The van der Waals surface area contributed by atoms with Crippen molar-refractivity contribution in [3.63, 3.8) is 0 Å². The van der Waals surface area contributed by atoms with Crippen LogP contribution >= 0.6 is 0 Å². The molecular weight excluding hydrogens is 396 g/mol. The normalized spacial score (nSPS) is 10.5. The monoisotopic (exact) mass is 422 g/mol. The van der Waals surface area contributed by atoms with E-state index in [4.69, 9.17) is 4.74 Å². The molecule has 3 aromatic rings. The van der Waals surface area contributed by atoms with Crippen LogP contribution in [-0.4, -0.2) is 38.6 Å². The number of nitrogens with zero attached hydrogens (tertiary/aromatic N) is 4. The molecule has 0 unspecified atom stereocenters. The molecule has 1 aromatic heterocycles. The number of carbonyl (C=O) groups excluding carboxylic acids is 2. The number of tetrazole rings is 1. The first-order valence-corrected chi connectivity index (χ1v) is 10.3. The third-order valence-electron chi connectivity index (χ3n) is 4.39. The summed E-state index contributed by atoms with van der Waals surface area (Å²) in [6.45, 7) is 4.44. The van der Waals surface area contributed by atoms with Gasteiger partial charge in [-0.2, -0.15) is 4.80 Å². The lowest BCUT2D eigenvalue weighted by molar-refractivity contribution is -0.117. The molecule has 1 heterocycles. The summed E-state index contributed by atoms with van der Waals surface area (Å²) in [5.41, 5.74) is 1.90. The van der Waals surface area contributed by atoms with E-state index in [2.05, 4.69) is 26.0 Å². The molecule has 3 rings (SSSR count). The fourth-order valence-electron chi connectivity index (χ4n) is 2.89. The Bertz CT molecular complexity index is 1020. The quantitative estimate of drug-likeness (QED) is 0.517. The number of hydrogen-bond acceptors (Lipinski definition) is 6. The molecule has 2 N–H and O–H groups in total. The van der Waals surface area contributed by atoms with Gasteiger partial charge in [-0.15, -0.1) is 10.2 Å². The smallest absolute Gasteiger partial charge is 0.248 e.